The van der Waals surface area contributed by atoms with Gasteiger partial charge in [-0.1, -0.05) is 0 Å². The number of carbonyl (C=O) groups excluding carboxylic acids is 3. The number of ether oxygens (including phenoxy) is 8. The van der Waals surface area contributed by atoms with Gasteiger partial charge in [0.25, 0.3) is 17.7 Å². The zero-order valence-corrected chi connectivity index (χ0v) is 31.1. The largest absolute Gasteiger partial charge is 0.377 e. The van der Waals surface area contributed by atoms with Gasteiger partial charge >= 0.3 is 0 Å². The molecule has 1 heterocycles. The number of nitrogens with zero attached hydrogens (tertiary/aromatic N) is 3. The fraction of sp³-hybridized carbons (Fsp3) is 0.568. The van der Waals surface area contributed by atoms with Crippen molar-refractivity contribution < 1.29 is 52.3 Å². The summed E-state index contributed by atoms with van der Waals surface area (Å²) in [6.07, 6.45) is 3.25. The molecule has 2 rings (SSSR count). The molecule has 17 heteroatoms. The molecule has 3 amide bonds. The Labute approximate surface area is 317 Å². The lowest BCUT2D eigenvalue weighted by atomic mass is 10.0. The van der Waals surface area contributed by atoms with E-state index in [0.717, 1.165) is 5.56 Å². The van der Waals surface area contributed by atoms with Crippen LogP contribution in [-0.4, -0.2) is 168 Å². The first-order chi connectivity index (χ1) is 26.5. The van der Waals surface area contributed by atoms with E-state index in [1.807, 2.05) is 0 Å². The van der Waals surface area contributed by atoms with Gasteiger partial charge in [-0.15, -0.1) is 0 Å². The van der Waals surface area contributed by atoms with Crippen LogP contribution in [0.5, 0.6) is 0 Å². The standard InChI is InChI=1S/C37H56N6O11/c1-38-7-11-47-15-19-51-23-25-53-21-17-49-13-9-41-35(44)32-27-33(29-34(28-32)37(46)43-30-31-3-5-40-6-4-31)36(45)42-10-14-50-18-22-54-26-24-52-20-16-48-12-8-39-2/h3-6,27-29H,1-2,7-26,30H2,(H,41,44)(H,42,45)(H,43,46). The van der Waals surface area contributed by atoms with E-state index in [0.29, 0.717) is 106 Å². The lowest BCUT2D eigenvalue weighted by Crippen LogP contribution is -2.31. The van der Waals surface area contributed by atoms with E-state index in [2.05, 4.69) is 44.4 Å². The first-order valence-electron chi connectivity index (χ1n) is 17.9. The lowest BCUT2D eigenvalue weighted by Gasteiger charge is -2.12. The summed E-state index contributed by atoms with van der Waals surface area (Å²) in [5, 5.41) is 8.35. The Morgan fingerprint density at radius 2 is 0.796 bits per heavy atom. The van der Waals surface area contributed by atoms with E-state index < -0.39 is 17.7 Å². The van der Waals surface area contributed by atoms with Gasteiger partial charge in [0.1, 0.15) is 0 Å². The predicted molar refractivity (Wildman–Crippen MR) is 202 cm³/mol. The van der Waals surface area contributed by atoms with Crippen LogP contribution < -0.4 is 16.0 Å². The minimum absolute atomic E-state index is 0.151. The van der Waals surface area contributed by atoms with Crippen LogP contribution in [0, 0.1) is 0 Å². The summed E-state index contributed by atoms with van der Waals surface area (Å²) in [5.74, 6) is -1.36. The SMILES string of the molecule is C=NCCOCCOCCOCCOCCNC(=O)c1cc(C(=O)NCCOCCOCCOCCOCCN=C)cc(C(=O)NCc2ccncc2)c1. The molecule has 0 radical (unpaired) electrons. The second-order valence-corrected chi connectivity index (χ2v) is 11.1. The van der Waals surface area contributed by atoms with Crippen molar-refractivity contribution in [2.75, 3.05) is 132 Å². The number of rotatable bonds is 35. The molecule has 1 aromatic carbocycles. The number of benzene rings is 1. The maximum absolute atomic E-state index is 13.1. The van der Waals surface area contributed by atoms with Crippen LogP contribution in [0.2, 0.25) is 0 Å². The highest BCUT2D eigenvalue weighted by Gasteiger charge is 2.16. The van der Waals surface area contributed by atoms with E-state index in [-0.39, 0.29) is 49.5 Å². The average Bonchev–Trinajstić information content (AvgIpc) is 3.19. The molecule has 300 valence electrons. The molecule has 0 bridgehead atoms. The Kier molecular flexibility index (Phi) is 27.4. The van der Waals surface area contributed by atoms with Crippen LogP contribution in [-0.2, 0) is 44.4 Å². The summed E-state index contributed by atoms with van der Waals surface area (Å²) in [4.78, 5) is 50.6. The number of hydrogen-bond acceptors (Lipinski definition) is 14. The molecule has 3 N–H and O–H groups in total. The maximum Gasteiger partial charge on any atom is 0.251 e. The molecule has 0 unspecified atom stereocenters. The Balaban J connectivity index is 1.72. The van der Waals surface area contributed by atoms with Crippen LogP contribution in [0.15, 0.2) is 52.7 Å². The zero-order valence-electron chi connectivity index (χ0n) is 31.1. The molecule has 0 atom stereocenters. The highest BCUT2D eigenvalue weighted by molar-refractivity contribution is 6.04. The molecule has 0 aliphatic rings. The topological polar surface area (TPSA) is 199 Å². The fourth-order valence-electron chi connectivity index (χ4n) is 4.27. The molecule has 0 spiro atoms. The Hall–Kier alpha value is -4.20. The van der Waals surface area contributed by atoms with Gasteiger partial charge in [-0.05, 0) is 49.3 Å². The normalized spacial score (nSPS) is 10.9. The molecule has 0 saturated heterocycles. The third-order valence-corrected chi connectivity index (χ3v) is 7.01. The fourth-order valence-corrected chi connectivity index (χ4v) is 4.27. The van der Waals surface area contributed by atoms with Gasteiger partial charge in [0.15, 0.2) is 0 Å². The minimum atomic E-state index is -0.460. The molecule has 17 nitrogen and oxygen atoms in total. The zero-order chi connectivity index (χ0) is 38.7. The van der Waals surface area contributed by atoms with Gasteiger partial charge in [0.2, 0.25) is 0 Å². The predicted octanol–water partition coefficient (Wildman–Crippen LogP) is 1.01. The number of hydrogen-bond donors (Lipinski definition) is 3. The third kappa shape index (κ3) is 23.5. The number of amides is 3. The molecular weight excluding hydrogens is 704 g/mol. The van der Waals surface area contributed by atoms with Gasteiger partial charge in [0.05, 0.1) is 119 Å². The summed E-state index contributed by atoms with van der Waals surface area (Å²) < 4.78 is 43.5. The van der Waals surface area contributed by atoms with Gasteiger partial charge in [0, 0.05) is 48.7 Å². The van der Waals surface area contributed by atoms with Crippen molar-refractivity contribution in [1.29, 1.82) is 0 Å². The van der Waals surface area contributed by atoms with E-state index in [1.54, 1.807) is 24.5 Å². The van der Waals surface area contributed by atoms with Crippen LogP contribution in [0.4, 0.5) is 0 Å². The van der Waals surface area contributed by atoms with E-state index in [4.69, 9.17) is 37.9 Å². The second-order valence-electron chi connectivity index (χ2n) is 11.1. The molecular formula is C37H56N6O11. The lowest BCUT2D eigenvalue weighted by molar-refractivity contribution is -0.000543. The molecule has 0 aliphatic carbocycles. The number of aromatic nitrogens is 1. The maximum atomic E-state index is 13.1. The summed E-state index contributed by atoms with van der Waals surface area (Å²) in [6, 6.07) is 7.88. The monoisotopic (exact) mass is 760 g/mol. The van der Waals surface area contributed by atoms with Crippen molar-refractivity contribution in [3.8, 4) is 0 Å². The number of pyridine rings is 1. The molecule has 0 saturated carbocycles. The minimum Gasteiger partial charge on any atom is -0.377 e. The van der Waals surface area contributed by atoms with Crippen molar-refractivity contribution in [2.45, 2.75) is 6.54 Å². The van der Waals surface area contributed by atoms with E-state index in [1.165, 1.54) is 18.2 Å². The van der Waals surface area contributed by atoms with Gasteiger partial charge in [-0.3, -0.25) is 29.4 Å². The van der Waals surface area contributed by atoms with Gasteiger partial charge in [-0.25, -0.2) is 0 Å². The van der Waals surface area contributed by atoms with Crippen LogP contribution in [0.1, 0.15) is 36.6 Å². The second kappa shape index (κ2) is 32.2. The van der Waals surface area contributed by atoms with Crippen LogP contribution in [0.25, 0.3) is 0 Å². The Morgan fingerprint density at radius 3 is 1.15 bits per heavy atom. The Morgan fingerprint density at radius 1 is 0.481 bits per heavy atom. The number of aliphatic imine (C=N–C) groups is 2. The van der Waals surface area contributed by atoms with Crippen molar-refractivity contribution in [3.05, 3.63) is 65.0 Å². The average molecular weight is 761 g/mol. The first-order valence-corrected chi connectivity index (χ1v) is 17.9. The van der Waals surface area contributed by atoms with E-state index >= 15 is 0 Å². The molecule has 0 fully saturated rings. The molecule has 2 aromatic rings. The third-order valence-electron chi connectivity index (χ3n) is 7.01. The Bertz CT molecular complexity index is 1250. The number of carbonyl (C=O) groups is 3. The van der Waals surface area contributed by atoms with Crippen LogP contribution >= 0.6 is 0 Å². The summed E-state index contributed by atoms with van der Waals surface area (Å²) >= 11 is 0. The first kappa shape index (κ1) is 46.0. The van der Waals surface area contributed by atoms with Crippen molar-refractivity contribution in [2.24, 2.45) is 9.98 Å². The van der Waals surface area contributed by atoms with Gasteiger partial charge < -0.3 is 53.8 Å². The van der Waals surface area contributed by atoms with Crippen molar-refractivity contribution >= 4 is 31.2 Å². The van der Waals surface area contributed by atoms with E-state index in [9.17, 15) is 14.4 Å². The van der Waals surface area contributed by atoms with Crippen molar-refractivity contribution in [3.63, 3.8) is 0 Å². The highest BCUT2D eigenvalue weighted by Crippen LogP contribution is 2.12. The van der Waals surface area contributed by atoms with Gasteiger partial charge in [-0.2, -0.15) is 0 Å². The molecule has 0 aliphatic heterocycles. The van der Waals surface area contributed by atoms with Crippen LogP contribution in [0.3, 0.4) is 0 Å². The van der Waals surface area contributed by atoms with Crippen molar-refractivity contribution in [1.82, 2.24) is 20.9 Å². The quantitative estimate of drug-likeness (QED) is 0.0667. The molecule has 54 heavy (non-hydrogen) atoms. The summed E-state index contributed by atoms with van der Waals surface area (Å²) in [5.41, 5.74) is 1.31. The highest BCUT2D eigenvalue weighted by atomic mass is 16.6. The molecule has 1 aromatic heterocycles. The number of nitrogens with one attached hydrogen (secondary N) is 3. The summed E-state index contributed by atoms with van der Waals surface area (Å²) in [6.45, 7) is 15.1. The summed E-state index contributed by atoms with van der Waals surface area (Å²) in [7, 11) is 0. The smallest absolute Gasteiger partial charge is 0.251 e.